The molecule has 0 aliphatic carbocycles. The Morgan fingerprint density at radius 1 is 1.12 bits per heavy atom. The molecule has 0 saturated carbocycles. The summed E-state index contributed by atoms with van der Waals surface area (Å²) in [6.07, 6.45) is 2.10. The van der Waals surface area contributed by atoms with Crippen LogP contribution in [-0.2, 0) is 4.79 Å². The van der Waals surface area contributed by atoms with Crippen molar-refractivity contribution in [1.29, 1.82) is 0 Å². The van der Waals surface area contributed by atoms with E-state index in [-0.39, 0.29) is 12.5 Å². The molecule has 5 heteroatoms. The molecule has 0 aliphatic heterocycles. The second-order valence-electron chi connectivity index (χ2n) is 5.94. The molecule has 2 rings (SSSR count). The highest BCUT2D eigenvalue weighted by atomic mass is 79.9. The number of aryl methyl sites for hydroxylation is 2. The third-order valence-electron chi connectivity index (χ3n) is 3.66. The van der Waals surface area contributed by atoms with Gasteiger partial charge >= 0.3 is 0 Å². The van der Waals surface area contributed by atoms with Crippen LogP contribution in [-0.4, -0.2) is 19.1 Å². The summed E-state index contributed by atoms with van der Waals surface area (Å²) in [7, 11) is 0. The van der Waals surface area contributed by atoms with Gasteiger partial charge in [0.15, 0.2) is 6.61 Å². The minimum Gasteiger partial charge on any atom is -0.494 e. The quantitative estimate of drug-likeness (QED) is 0.609. The molecule has 1 N–H and O–H groups in total. The minimum atomic E-state index is -0.201. The highest BCUT2D eigenvalue weighted by molar-refractivity contribution is 9.10. The van der Waals surface area contributed by atoms with Crippen LogP contribution < -0.4 is 14.8 Å². The molecular formula is C20H24BrNO3. The van der Waals surface area contributed by atoms with Crippen LogP contribution in [0.15, 0.2) is 40.9 Å². The van der Waals surface area contributed by atoms with Gasteiger partial charge in [0.2, 0.25) is 0 Å². The smallest absolute Gasteiger partial charge is 0.262 e. The fourth-order valence-corrected chi connectivity index (χ4v) is 3.14. The Balaban J connectivity index is 1.91. The third-order valence-corrected chi connectivity index (χ3v) is 4.11. The molecule has 0 radical (unpaired) electrons. The molecule has 0 unspecified atom stereocenters. The first-order valence-electron chi connectivity index (χ1n) is 8.42. The van der Waals surface area contributed by atoms with E-state index >= 15 is 0 Å². The van der Waals surface area contributed by atoms with Crippen LogP contribution in [0, 0.1) is 13.8 Å². The van der Waals surface area contributed by atoms with E-state index in [1.165, 1.54) is 0 Å². The van der Waals surface area contributed by atoms with Crippen molar-refractivity contribution >= 4 is 27.5 Å². The molecule has 2 aromatic carbocycles. The van der Waals surface area contributed by atoms with Crippen molar-refractivity contribution in [3.05, 3.63) is 52.0 Å². The largest absolute Gasteiger partial charge is 0.494 e. The zero-order chi connectivity index (χ0) is 18.2. The standard InChI is InChI=1S/C20H24BrNO3/c1-4-5-9-24-18-8-6-7-17(12-18)22-19(23)13-25-20-14(2)10-16(21)11-15(20)3/h6-8,10-12H,4-5,9,13H2,1-3H3,(H,22,23). The maximum Gasteiger partial charge on any atom is 0.262 e. The fraction of sp³-hybridized carbons (Fsp3) is 0.350. The molecule has 0 heterocycles. The van der Waals surface area contributed by atoms with Crippen molar-refractivity contribution < 1.29 is 14.3 Å². The number of rotatable bonds is 8. The Hall–Kier alpha value is -2.01. The molecule has 1 amide bonds. The average Bonchev–Trinajstić information content (AvgIpc) is 2.54. The van der Waals surface area contributed by atoms with Gasteiger partial charge in [-0.2, -0.15) is 0 Å². The van der Waals surface area contributed by atoms with Gasteiger partial charge in [0.05, 0.1) is 6.61 Å². The van der Waals surface area contributed by atoms with Gasteiger partial charge < -0.3 is 14.8 Å². The predicted molar refractivity (Wildman–Crippen MR) is 105 cm³/mol. The van der Waals surface area contributed by atoms with E-state index in [2.05, 4.69) is 28.2 Å². The van der Waals surface area contributed by atoms with E-state index < -0.39 is 0 Å². The number of hydrogen-bond donors (Lipinski definition) is 1. The van der Waals surface area contributed by atoms with Gasteiger partial charge in [0.25, 0.3) is 5.91 Å². The van der Waals surface area contributed by atoms with E-state index in [0.29, 0.717) is 12.3 Å². The summed E-state index contributed by atoms with van der Waals surface area (Å²) in [5.74, 6) is 1.30. The summed E-state index contributed by atoms with van der Waals surface area (Å²) in [5.41, 5.74) is 2.68. The number of anilines is 1. The summed E-state index contributed by atoms with van der Waals surface area (Å²) in [5, 5.41) is 2.84. The number of amides is 1. The lowest BCUT2D eigenvalue weighted by Crippen LogP contribution is -2.20. The van der Waals surface area contributed by atoms with Crippen LogP contribution in [0.4, 0.5) is 5.69 Å². The van der Waals surface area contributed by atoms with Gasteiger partial charge in [-0.1, -0.05) is 35.3 Å². The van der Waals surface area contributed by atoms with Gasteiger partial charge in [0.1, 0.15) is 11.5 Å². The SMILES string of the molecule is CCCCOc1cccc(NC(=O)COc2c(C)cc(Br)cc2C)c1. The number of nitrogens with one attached hydrogen (secondary N) is 1. The van der Waals surface area contributed by atoms with Crippen molar-refractivity contribution in [2.24, 2.45) is 0 Å². The lowest BCUT2D eigenvalue weighted by Gasteiger charge is -2.13. The first-order chi connectivity index (χ1) is 12.0. The van der Waals surface area contributed by atoms with Crippen molar-refractivity contribution in [2.75, 3.05) is 18.5 Å². The molecule has 2 aromatic rings. The normalized spacial score (nSPS) is 10.4. The summed E-state index contributed by atoms with van der Waals surface area (Å²) in [4.78, 5) is 12.2. The van der Waals surface area contributed by atoms with Crippen LogP contribution in [0.2, 0.25) is 0 Å². The van der Waals surface area contributed by atoms with Crippen LogP contribution in [0.3, 0.4) is 0 Å². The minimum absolute atomic E-state index is 0.0375. The summed E-state index contributed by atoms with van der Waals surface area (Å²) in [6.45, 7) is 6.68. The molecule has 134 valence electrons. The van der Waals surface area contributed by atoms with E-state index in [0.717, 1.165) is 39.9 Å². The Bertz CT molecular complexity index is 708. The molecule has 0 aliphatic rings. The van der Waals surface area contributed by atoms with Gasteiger partial charge in [-0.25, -0.2) is 0 Å². The second-order valence-corrected chi connectivity index (χ2v) is 6.85. The molecule has 0 spiro atoms. The van der Waals surface area contributed by atoms with Crippen molar-refractivity contribution in [1.82, 2.24) is 0 Å². The maximum atomic E-state index is 12.2. The number of unbranched alkanes of at least 4 members (excludes halogenated alkanes) is 1. The van der Waals surface area contributed by atoms with E-state index in [4.69, 9.17) is 9.47 Å². The van der Waals surface area contributed by atoms with Gasteiger partial charge in [-0.05, 0) is 55.7 Å². The first-order valence-corrected chi connectivity index (χ1v) is 9.21. The number of ether oxygens (including phenoxy) is 2. The average molecular weight is 406 g/mol. The highest BCUT2D eigenvalue weighted by Gasteiger charge is 2.09. The number of benzene rings is 2. The van der Waals surface area contributed by atoms with Crippen molar-refractivity contribution in [3.8, 4) is 11.5 Å². The molecule has 0 fully saturated rings. The molecule has 25 heavy (non-hydrogen) atoms. The zero-order valence-electron chi connectivity index (χ0n) is 14.9. The molecule has 4 nitrogen and oxygen atoms in total. The van der Waals surface area contributed by atoms with Gasteiger partial charge in [0, 0.05) is 16.2 Å². The second kappa shape index (κ2) is 9.47. The maximum absolute atomic E-state index is 12.2. The van der Waals surface area contributed by atoms with Gasteiger partial charge in [-0.3, -0.25) is 4.79 Å². The Morgan fingerprint density at radius 3 is 2.52 bits per heavy atom. The topological polar surface area (TPSA) is 47.6 Å². The van der Waals surface area contributed by atoms with Crippen LogP contribution >= 0.6 is 15.9 Å². The first kappa shape index (κ1) is 19.3. The number of carbonyl (C=O) groups is 1. The summed E-state index contributed by atoms with van der Waals surface area (Å²) >= 11 is 3.45. The molecule has 0 aromatic heterocycles. The lowest BCUT2D eigenvalue weighted by molar-refractivity contribution is -0.118. The molecule has 0 atom stereocenters. The van der Waals surface area contributed by atoms with E-state index in [1.54, 1.807) is 0 Å². The third kappa shape index (κ3) is 6.09. The summed E-state index contributed by atoms with van der Waals surface area (Å²) < 4.78 is 12.4. The monoisotopic (exact) mass is 405 g/mol. The van der Waals surface area contributed by atoms with Crippen LogP contribution in [0.5, 0.6) is 11.5 Å². The summed E-state index contributed by atoms with van der Waals surface area (Å²) in [6, 6.07) is 11.3. The van der Waals surface area contributed by atoms with Crippen molar-refractivity contribution in [2.45, 2.75) is 33.6 Å². The fourth-order valence-electron chi connectivity index (χ4n) is 2.46. The number of hydrogen-bond acceptors (Lipinski definition) is 3. The molecular weight excluding hydrogens is 382 g/mol. The number of halogens is 1. The molecule has 0 saturated heterocycles. The lowest BCUT2D eigenvalue weighted by atomic mass is 10.1. The number of carbonyl (C=O) groups excluding carboxylic acids is 1. The van der Waals surface area contributed by atoms with Crippen molar-refractivity contribution in [3.63, 3.8) is 0 Å². The Labute approximate surface area is 157 Å². The Kier molecular flexibility index (Phi) is 7.31. The van der Waals surface area contributed by atoms with Gasteiger partial charge in [-0.15, -0.1) is 0 Å². The van der Waals surface area contributed by atoms with E-state index in [1.807, 2.05) is 50.2 Å². The predicted octanol–water partition coefficient (Wildman–Crippen LogP) is 5.26. The molecule has 0 bridgehead atoms. The van der Waals surface area contributed by atoms with Crippen LogP contribution in [0.1, 0.15) is 30.9 Å². The van der Waals surface area contributed by atoms with E-state index in [9.17, 15) is 4.79 Å². The Morgan fingerprint density at radius 2 is 1.84 bits per heavy atom. The highest BCUT2D eigenvalue weighted by Crippen LogP contribution is 2.27. The zero-order valence-corrected chi connectivity index (χ0v) is 16.5. The van der Waals surface area contributed by atoms with Crippen LogP contribution in [0.25, 0.3) is 0 Å².